The Bertz CT molecular complexity index is 332. The van der Waals surface area contributed by atoms with E-state index in [-0.39, 0.29) is 11.7 Å². The smallest absolute Gasteiger partial charge is 0.165 e. The van der Waals surface area contributed by atoms with E-state index in [1.54, 1.807) is 0 Å². The van der Waals surface area contributed by atoms with Crippen molar-refractivity contribution in [2.45, 2.75) is 13.8 Å². The van der Waals surface area contributed by atoms with Gasteiger partial charge in [-0.15, -0.1) is 0 Å². The van der Waals surface area contributed by atoms with Crippen molar-refractivity contribution in [3.63, 3.8) is 0 Å². The summed E-state index contributed by atoms with van der Waals surface area (Å²) in [5, 5.41) is 0. The second-order valence-corrected chi connectivity index (χ2v) is 4.86. The molecule has 0 aliphatic carbocycles. The molecular weight excluding hydrogens is 296 g/mol. The van der Waals surface area contributed by atoms with Gasteiger partial charge in [-0.2, -0.15) is 0 Å². The van der Waals surface area contributed by atoms with Gasteiger partial charge in [0.05, 0.1) is 0 Å². The van der Waals surface area contributed by atoms with Gasteiger partial charge in [0.1, 0.15) is 0 Å². The number of hydrogen-bond acceptors (Lipinski definition) is 1. The van der Waals surface area contributed by atoms with Crippen LogP contribution in [-0.2, 0) is 0 Å². The molecule has 3 heteroatoms. The van der Waals surface area contributed by atoms with E-state index in [0.29, 0.717) is 0 Å². The second-order valence-electron chi connectivity index (χ2n) is 3.15. The van der Waals surface area contributed by atoms with Crippen molar-refractivity contribution >= 4 is 37.6 Å². The van der Waals surface area contributed by atoms with E-state index in [1.165, 1.54) is 0 Å². The van der Waals surface area contributed by atoms with Gasteiger partial charge in [-0.3, -0.25) is 4.79 Å². The zero-order valence-corrected chi connectivity index (χ0v) is 10.6. The van der Waals surface area contributed by atoms with E-state index in [9.17, 15) is 4.79 Å². The van der Waals surface area contributed by atoms with E-state index < -0.39 is 0 Å². The Hall–Kier alpha value is -0.150. The first-order valence-corrected chi connectivity index (χ1v) is 5.60. The van der Waals surface area contributed by atoms with Crippen LogP contribution < -0.4 is 0 Å². The highest BCUT2D eigenvalue weighted by atomic mass is 79.9. The summed E-state index contributed by atoms with van der Waals surface area (Å²) < 4.78 is 1.88. The molecule has 0 saturated carbocycles. The molecule has 0 heterocycles. The van der Waals surface area contributed by atoms with Crippen molar-refractivity contribution in [2.24, 2.45) is 5.92 Å². The van der Waals surface area contributed by atoms with Crippen LogP contribution in [-0.4, -0.2) is 5.78 Å². The maximum absolute atomic E-state index is 11.6. The molecule has 0 aromatic heterocycles. The number of carbonyl (C=O) groups excluding carboxylic acids is 1. The molecule has 1 rings (SSSR count). The molecule has 0 aliphatic heterocycles. The average Bonchev–Trinajstić information content (AvgIpc) is 2.08. The van der Waals surface area contributed by atoms with Crippen molar-refractivity contribution in [1.82, 2.24) is 0 Å². The molecule has 13 heavy (non-hydrogen) atoms. The lowest BCUT2D eigenvalue weighted by Gasteiger charge is -2.05. The highest BCUT2D eigenvalue weighted by Crippen LogP contribution is 2.24. The van der Waals surface area contributed by atoms with Gasteiger partial charge in [0.25, 0.3) is 0 Å². The van der Waals surface area contributed by atoms with Gasteiger partial charge in [0.2, 0.25) is 0 Å². The maximum Gasteiger partial charge on any atom is 0.165 e. The summed E-state index contributed by atoms with van der Waals surface area (Å²) >= 11 is 6.72. The van der Waals surface area contributed by atoms with Crippen LogP contribution in [0.5, 0.6) is 0 Å². The van der Waals surface area contributed by atoms with Crippen LogP contribution in [0, 0.1) is 5.92 Å². The molecule has 1 aromatic rings. The lowest BCUT2D eigenvalue weighted by molar-refractivity contribution is 0.0939. The predicted octanol–water partition coefficient (Wildman–Crippen LogP) is 4.05. The fourth-order valence-corrected chi connectivity index (χ4v) is 1.61. The summed E-state index contributed by atoms with van der Waals surface area (Å²) in [5.74, 6) is 0.223. The van der Waals surface area contributed by atoms with Gasteiger partial charge in [0, 0.05) is 20.4 Å². The lowest BCUT2D eigenvalue weighted by Crippen LogP contribution is -2.06. The monoisotopic (exact) mass is 304 g/mol. The van der Waals surface area contributed by atoms with Crippen molar-refractivity contribution in [2.75, 3.05) is 0 Å². The number of benzene rings is 1. The van der Waals surface area contributed by atoms with E-state index in [1.807, 2.05) is 32.0 Å². The SMILES string of the molecule is CC(C)C(=O)c1ccc(Br)c(Br)c1. The first kappa shape index (κ1) is 10.9. The van der Waals surface area contributed by atoms with Crippen LogP contribution in [0.2, 0.25) is 0 Å². The Morgan fingerprint density at radius 1 is 1.23 bits per heavy atom. The molecule has 0 N–H and O–H groups in total. The Morgan fingerprint density at radius 2 is 1.85 bits per heavy atom. The number of ketones is 1. The number of halogens is 2. The Morgan fingerprint density at radius 3 is 2.31 bits per heavy atom. The minimum atomic E-state index is 0.0491. The van der Waals surface area contributed by atoms with Gasteiger partial charge in [0.15, 0.2) is 5.78 Å². The molecule has 0 atom stereocenters. The maximum atomic E-state index is 11.6. The Balaban J connectivity index is 3.04. The third kappa shape index (κ3) is 2.64. The van der Waals surface area contributed by atoms with E-state index in [2.05, 4.69) is 31.9 Å². The van der Waals surface area contributed by atoms with Crippen molar-refractivity contribution in [1.29, 1.82) is 0 Å². The molecular formula is C10H10Br2O. The summed E-state index contributed by atoms with van der Waals surface area (Å²) in [5.41, 5.74) is 0.755. The molecule has 1 aromatic carbocycles. The summed E-state index contributed by atoms with van der Waals surface area (Å²) in [6, 6.07) is 5.54. The standard InChI is InChI=1S/C10H10Br2O/c1-6(2)10(13)7-3-4-8(11)9(12)5-7/h3-6H,1-2H3. The van der Waals surface area contributed by atoms with Gasteiger partial charge in [-0.05, 0) is 44.0 Å². The zero-order chi connectivity index (χ0) is 10.0. The minimum absolute atomic E-state index is 0.0491. The topological polar surface area (TPSA) is 17.1 Å². The van der Waals surface area contributed by atoms with Crippen LogP contribution in [0.15, 0.2) is 27.1 Å². The first-order chi connectivity index (χ1) is 6.02. The molecule has 0 radical (unpaired) electrons. The highest BCUT2D eigenvalue weighted by molar-refractivity contribution is 9.13. The second kappa shape index (κ2) is 4.38. The number of carbonyl (C=O) groups is 1. The zero-order valence-electron chi connectivity index (χ0n) is 7.47. The molecule has 0 spiro atoms. The Labute approximate surface area is 94.8 Å². The molecule has 0 aliphatic rings. The van der Waals surface area contributed by atoms with Crippen molar-refractivity contribution in [3.8, 4) is 0 Å². The third-order valence-electron chi connectivity index (χ3n) is 1.73. The number of Topliss-reactive ketones (excluding diaryl/α,β-unsaturated/α-hetero) is 1. The van der Waals surface area contributed by atoms with E-state index >= 15 is 0 Å². The van der Waals surface area contributed by atoms with E-state index in [4.69, 9.17) is 0 Å². The first-order valence-electron chi connectivity index (χ1n) is 4.01. The summed E-state index contributed by atoms with van der Waals surface area (Å²) in [7, 11) is 0. The lowest BCUT2D eigenvalue weighted by atomic mass is 10.0. The molecule has 1 nitrogen and oxygen atoms in total. The number of rotatable bonds is 2. The van der Waals surface area contributed by atoms with Gasteiger partial charge < -0.3 is 0 Å². The third-order valence-corrected chi connectivity index (χ3v) is 3.61. The van der Waals surface area contributed by atoms with Crippen LogP contribution in [0.4, 0.5) is 0 Å². The summed E-state index contributed by atoms with van der Waals surface area (Å²) in [6.07, 6.45) is 0. The van der Waals surface area contributed by atoms with Crippen LogP contribution in [0.3, 0.4) is 0 Å². The normalized spacial score (nSPS) is 10.5. The summed E-state index contributed by atoms with van der Waals surface area (Å²) in [6.45, 7) is 3.80. The van der Waals surface area contributed by atoms with Crippen LogP contribution in [0.25, 0.3) is 0 Å². The van der Waals surface area contributed by atoms with Crippen molar-refractivity contribution in [3.05, 3.63) is 32.7 Å². The summed E-state index contributed by atoms with van der Waals surface area (Å²) in [4.78, 5) is 11.6. The van der Waals surface area contributed by atoms with Crippen molar-refractivity contribution < 1.29 is 4.79 Å². The van der Waals surface area contributed by atoms with Crippen LogP contribution >= 0.6 is 31.9 Å². The molecule has 0 fully saturated rings. The largest absolute Gasteiger partial charge is 0.294 e. The van der Waals surface area contributed by atoms with Crippen LogP contribution in [0.1, 0.15) is 24.2 Å². The Kier molecular flexibility index (Phi) is 3.68. The quantitative estimate of drug-likeness (QED) is 0.753. The fraction of sp³-hybridized carbons (Fsp3) is 0.300. The molecule has 0 bridgehead atoms. The minimum Gasteiger partial charge on any atom is -0.294 e. The molecule has 70 valence electrons. The van der Waals surface area contributed by atoms with Gasteiger partial charge >= 0.3 is 0 Å². The molecule has 0 unspecified atom stereocenters. The highest BCUT2D eigenvalue weighted by Gasteiger charge is 2.10. The number of hydrogen-bond donors (Lipinski definition) is 0. The molecule has 0 saturated heterocycles. The predicted molar refractivity (Wildman–Crippen MR) is 61.0 cm³/mol. The van der Waals surface area contributed by atoms with Gasteiger partial charge in [-0.1, -0.05) is 19.9 Å². The van der Waals surface area contributed by atoms with Gasteiger partial charge in [-0.25, -0.2) is 0 Å². The average molecular weight is 306 g/mol. The van der Waals surface area contributed by atoms with E-state index in [0.717, 1.165) is 14.5 Å². The fourth-order valence-electron chi connectivity index (χ4n) is 0.983. The molecule has 0 amide bonds.